The van der Waals surface area contributed by atoms with Crippen LogP contribution in [0.25, 0.3) is 11.0 Å². The highest BCUT2D eigenvalue weighted by atomic mass is 32.2. The molecule has 2 aromatic heterocycles. The van der Waals surface area contributed by atoms with Crippen LogP contribution in [-0.2, 0) is 10.0 Å². The number of nitrogens with zero attached hydrogens (tertiary/aromatic N) is 2. The number of hydrogen-bond acceptors (Lipinski definition) is 11. The number of sulfonamides is 1. The number of carboxylic acid groups (broad SMARTS) is 1. The largest absolute Gasteiger partial charge is 0.478 e. The Morgan fingerprint density at radius 1 is 1.11 bits per heavy atom. The minimum absolute atomic E-state index is 0.0583. The molecule has 0 aliphatic carbocycles. The molecule has 0 saturated heterocycles. The van der Waals surface area contributed by atoms with Gasteiger partial charge in [0.1, 0.15) is 21.5 Å². The van der Waals surface area contributed by atoms with Crippen molar-refractivity contribution in [3.05, 3.63) is 46.8 Å². The van der Waals surface area contributed by atoms with Gasteiger partial charge in [0, 0.05) is 6.07 Å². The molecule has 4 aromatic rings. The molecule has 35 heavy (non-hydrogen) atoms. The third-order valence-corrected chi connectivity index (χ3v) is 7.76. The van der Waals surface area contributed by atoms with Crippen LogP contribution in [0.2, 0.25) is 0 Å². The highest BCUT2D eigenvalue weighted by Gasteiger charge is 2.27. The van der Waals surface area contributed by atoms with Crippen molar-refractivity contribution in [1.82, 2.24) is 8.75 Å². The lowest BCUT2D eigenvalue weighted by molar-refractivity contribution is 0.0700. The lowest BCUT2D eigenvalue weighted by Crippen LogP contribution is -2.20. The number of carbonyl (C=O) groups is 2. The van der Waals surface area contributed by atoms with Gasteiger partial charge in [-0.1, -0.05) is 0 Å². The number of aromatic nitrogens is 2. The van der Waals surface area contributed by atoms with Gasteiger partial charge in [-0.05, 0) is 42.1 Å². The van der Waals surface area contributed by atoms with Gasteiger partial charge >= 0.3 is 12.1 Å². The highest BCUT2D eigenvalue weighted by Crippen LogP contribution is 2.37. The number of carboxylic acids is 1. The Kier molecular flexibility index (Phi) is 5.66. The topological polar surface area (TPSA) is 166 Å². The smallest absolute Gasteiger partial charge is 0.417 e. The van der Waals surface area contributed by atoms with E-state index in [4.69, 9.17) is 14.2 Å². The highest BCUT2D eigenvalue weighted by molar-refractivity contribution is 7.93. The third-order valence-electron chi connectivity index (χ3n) is 4.91. The minimum atomic E-state index is -4.33. The Hall–Kier alpha value is -3.95. The van der Waals surface area contributed by atoms with Crippen molar-refractivity contribution in [3.8, 4) is 16.6 Å². The number of anilines is 2. The molecule has 0 atom stereocenters. The second-order valence-corrected chi connectivity index (χ2v) is 10.2. The molecule has 0 fully saturated rings. The number of carbonyl (C=O) groups excluding carboxylic acids is 1. The molecule has 1 amide bonds. The van der Waals surface area contributed by atoms with Gasteiger partial charge in [-0.25, -0.2) is 18.0 Å². The maximum atomic E-state index is 13.1. The zero-order valence-electron chi connectivity index (χ0n) is 17.6. The number of aromatic carboxylic acids is 1. The molecule has 3 N–H and O–H groups in total. The van der Waals surface area contributed by atoms with E-state index in [9.17, 15) is 23.1 Å². The van der Waals surface area contributed by atoms with E-state index >= 15 is 0 Å². The van der Waals surface area contributed by atoms with Gasteiger partial charge in [0.2, 0.25) is 11.9 Å². The average molecular weight is 535 g/mol. The Morgan fingerprint density at radius 3 is 2.66 bits per heavy atom. The molecular weight excluding hydrogens is 520 g/mol. The van der Waals surface area contributed by atoms with Gasteiger partial charge in [0.25, 0.3) is 10.0 Å². The van der Waals surface area contributed by atoms with Crippen molar-refractivity contribution in [3.63, 3.8) is 0 Å². The van der Waals surface area contributed by atoms with Crippen molar-refractivity contribution in [1.29, 1.82) is 0 Å². The van der Waals surface area contributed by atoms with E-state index in [0.29, 0.717) is 28.3 Å². The minimum Gasteiger partial charge on any atom is -0.478 e. The molecule has 3 heterocycles. The summed E-state index contributed by atoms with van der Waals surface area (Å²) in [6, 6.07) is 7.24. The fraction of sp³-hybridized carbons (Fsp3) is 0.100. The van der Waals surface area contributed by atoms with Crippen LogP contribution in [0.4, 0.5) is 16.2 Å². The van der Waals surface area contributed by atoms with E-state index in [0.717, 1.165) is 23.1 Å². The first-order chi connectivity index (χ1) is 16.7. The van der Waals surface area contributed by atoms with Crippen molar-refractivity contribution >= 4 is 67.6 Å². The van der Waals surface area contributed by atoms with E-state index < -0.39 is 22.1 Å². The number of rotatable bonds is 6. The van der Waals surface area contributed by atoms with Crippen molar-refractivity contribution in [2.45, 2.75) is 11.8 Å². The Balaban J connectivity index is 1.38. The van der Waals surface area contributed by atoms with Gasteiger partial charge in [0.15, 0.2) is 11.5 Å². The first-order valence-electron chi connectivity index (χ1n) is 9.71. The Bertz CT molecular complexity index is 1600. The second-order valence-electron chi connectivity index (χ2n) is 7.14. The maximum absolute atomic E-state index is 13.1. The van der Waals surface area contributed by atoms with Crippen molar-refractivity contribution < 1.29 is 37.3 Å². The summed E-state index contributed by atoms with van der Waals surface area (Å²) in [5.41, 5.74) is 0.923. The molecule has 1 aliphatic rings. The molecule has 12 nitrogen and oxygen atoms in total. The number of fused-ring (bicyclic) bond motifs is 2. The van der Waals surface area contributed by atoms with Crippen LogP contribution in [-0.4, -0.2) is 41.1 Å². The van der Waals surface area contributed by atoms with Crippen LogP contribution >= 0.6 is 23.1 Å². The summed E-state index contributed by atoms with van der Waals surface area (Å²) in [4.78, 5) is 24.0. The van der Waals surface area contributed by atoms with Crippen LogP contribution in [0, 0.1) is 6.92 Å². The van der Waals surface area contributed by atoms with Gasteiger partial charge < -0.3 is 19.3 Å². The van der Waals surface area contributed by atoms with E-state index in [1.807, 2.05) is 0 Å². The SMILES string of the molecule is Cc1cc2c(cc1NC(=O)Oc1sccc1S(=O)(=O)Nc1ccc3nsnc3c1C(=O)O)OCO2. The summed E-state index contributed by atoms with van der Waals surface area (Å²) >= 11 is 1.69. The Morgan fingerprint density at radius 2 is 1.89 bits per heavy atom. The molecule has 0 bridgehead atoms. The van der Waals surface area contributed by atoms with Crippen LogP contribution in [0.1, 0.15) is 15.9 Å². The molecule has 2 aromatic carbocycles. The normalized spacial score (nSPS) is 12.5. The molecule has 5 rings (SSSR count). The first kappa shape index (κ1) is 22.8. The van der Waals surface area contributed by atoms with Crippen molar-refractivity contribution in [2.75, 3.05) is 16.8 Å². The second kappa shape index (κ2) is 8.68. The number of nitrogens with one attached hydrogen (secondary N) is 2. The van der Waals surface area contributed by atoms with Gasteiger partial charge in [-0.15, -0.1) is 11.3 Å². The summed E-state index contributed by atoms with van der Waals surface area (Å²) in [6.45, 7) is 1.82. The summed E-state index contributed by atoms with van der Waals surface area (Å²) in [5, 5.41) is 13.4. The fourth-order valence-corrected chi connectivity index (χ4v) is 6.12. The molecule has 0 spiro atoms. The summed E-state index contributed by atoms with van der Waals surface area (Å²) in [5.74, 6) is -0.372. The fourth-order valence-electron chi connectivity index (χ4n) is 3.31. The third kappa shape index (κ3) is 4.31. The number of aryl methyl sites for hydroxylation is 1. The number of ether oxygens (including phenoxy) is 3. The van der Waals surface area contributed by atoms with E-state index in [1.165, 1.54) is 23.6 Å². The maximum Gasteiger partial charge on any atom is 0.417 e. The van der Waals surface area contributed by atoms with Gasteiger partial charge in [-0.2, -0.15) is 8.75 Å². The molecule has 180 valence electrons. The molecule has 0 unspecified atom stereocenters. The first-order valence-corrected chi connectivity index (χ1v) is 12.8. The molecule has 1 aliphatic heterocycles. The molecule has 0 radical (unpaired) electrons. The van der Waals surface area contributed by atoms with Crippen LogP contribution in [0.15, 0.2) is 40.6 Å². The van der Waals surface area contributed by atoms with E-state index in [-0.39, 0.29) is 33.5 Å². The number of thiophene rings is 1. The lowest BCUT2D eigenvalue weighted by atomic mass is 10.1. The summed E-state index contributed by atoms with van der Waals surface area (Å²) in [7, 11) is -4.33. The van der Waals surface area contributed by atoms with Crippen LogP contribution < -0.4 is 24.2 Å². The quantitative estimate of drug-likeness (QED) is 0.330. The van der Waals surface area contributed by atoms with Gasteiger partial charge in [0.05, 0.1) is 23.1 Å². The van der Waals surface area contributed by atoms with Crippen LogP contribution in [0.5, 0.6) is 16.6 Å². The zero-order chi connectivity index (χ0) is 24.7. The average Bonchev–Trinajstić information content (AvgIpc) is 3.54. The zero-order valence-corrected chi connectivity index (χ0v) is 20.0. The number of hydrogen-bond donors (Lipinski definition) is 3. The summed E-state index contributed by atoms with van der Waals surface area (Å²) < 4.78 is 52.2. The van der Waals surface area contributed by atoms with Crippen LogP contribution in [0.3, 0.4) is 0 Å². The van der Waals surface area contributed by atoms with E-state index in [1.54, 1.807) is 19.1 Å². The lowest BCUT2D eigenvalue weighted by Gasteiger charge is -2.12. The Labute approximate surface area is 205 Å². The molecule has 15 heteroatoms. The summed E-state index contributed by atoms with van der Waals surface area (Å²) in [6.07, 6.45) is -0.924. The van der Waals surface area contributed by atoms with E-state index in [2.05, 4.69) is 18.8 Å². The number of amides is 1. The van der Waals surface area contributed by atoms with Gasteiger partial charge in [-0.3, -0.25) is 10.0 Å². The monoisotopic (exact) mass is 534 g/mol. The predicted octanol–water partition coefficient (Wildman–Crippen LogP) is 3.90. The van der Waals surface area contributed by atoms with Crippen molar-refractivity contribution in [2.24, 2.45) is 0 Å². The number of benzene rings is 2. The molecule has 0 saturated carbocycles. The predicted molar refractivity (Wildman–Crippen MR) is 126 cm³/mol. The standard InChI is InChI=1S/C20H14N4O8S3/c1-9-6-13-14(31-8-30-13)7-12(9)21-20(27)32-19-15(4-5-33-19)35(28,29)24-10-2-3-11-17(23-34-22-11)16(10)18(25)26/h2-7,24H,8H2,1H3,(H,21,27)(H,25,26). The molecular formula is C20H14N4O8S3.